The molecule has 1 heterocycles. The number of aliphatic hydroxyl groups excluding tert-OH is 1. The van der Waals surface area contributed by atoms with Crippen LogP contribution in [0.15, 0.2) is 0 Å². The topological polar surface area (TPSA) is 95.9 Å². The summed E-state index contributed by atoms with van der Waals surface area (Å²) in [5.74, 6) is -0.870. The fourth-order valence-electron chi connectivity index (χ4n) is 3.60. The number of piperidine rings is 1. The van der Waals surface area contributed by atoms with E-state index in [-0.39, 0.29) is 30.5 Å². The van der Waals surface area contributed by atoms with Gasteiger partial charge in [0.1, 0.15) is 6.10 Å². The van der Waals surface area contributed by atoms with Crippen LogP contribution in [0, 0.1) is 11.3 Å². The number of carbonyl (C=O) groups is 2. The molecule has 0 bridgehead atoms. The lowest BCUT2D eigenvalue weighted by Crippen LogP contribution is -2.40. The molecule has 0 aromatic rings. The van der Waals surface area contributed by atoms with Gasteiger partial charge in [0.25, 0.3) is 0 Å². The molecule has 0 aromatic carbocycles. The van der Waals surface area contributed by atoms with Gasteiger partial charge in [-0.1, -0.05) is 27.2 Å². The van der Waals surface area contributed by atoms with Gasteiger partial charge in [-0.3, -0.25) is 9.59 Å². The molecule has 2 fully saturated rings. The van der Waals surface area contributed by atoms with E-state index in [1.165, 1.54) is 19.3 Å². The number of hydrogen-bond donors (Lipinski definition) is 3. The summed E-state index contributed by atoms with van der Waals surface area (Å²) < 4.78 is 5.17. The summed E-state index contributed by atoms with van der Waals surface area (Å²) in [6.07, 6.45) is 4.95. The largest absolute Gasteiger partial charge is 0.481 e. The Morgan fingerprint density at radius 2 is 1.88 bits per heavy atom. The number of aliphatic hydroxyl groups is 1. The summed E-state index contributed by atoms with van der Waals surface area (Å²) >= 11 is 0. The van der Waals surface area contributed by atoms with Gasteiger partial charge >= 0.3 is 11.9 Å². The predicted octanol–water partition coefficient (Wildman–Crippen LogP) is 2.73. The Balaban J connectivity index is 0.000000271. The number of rotatable bonds is 4. The van der Waals surface area contributed by atoms with Crippen molar-refractivity contribution in [3.05, 3.63) is 0 Å². The third-order valence-corrected chi connectivity index (χ3v) is 5.24. The molecule has 1 aliphatic heterocycles. The molecule has 0 aromatic heterocycles. The minimum atomic E-state index is -0.967. The molecule has 2 aliphatic rings. The number of ether oxygens (including phenoxy) is 1. The molecule has 0 radical (unpaired) electrons. The van der Waals surface area contributed by atoms with E-state index in [2.05, 4.69) is 26.1 Å². The van der Waals surface area contributed by atoms with Crippen LogP contribution in [0.1, 0.15) is 72.6 Å². The molecule has 4 unspecified atom stereocenters. The number of carboxylic acids is 1. The Bertz CT molecular complexity index is 438. The Morgan fingerprint density at radius 3 is 2.40 bits per heavy atom. The van der Waals surface area contributed by atoms with E-state index in [1.54, 1.807) is 0 Å². The average Bonchev–Trinajstić information content (AvgIpc) is 2.51. The molecule has 0 amide bonds. The summed E-state index contributed by atoms with van der Waals surface area (Å²) in [5.41, 5.74) is 0.164. The standard InChI is InChI=1S/C10H17NO4.C9H18O/c1-7-6-8(4-5-11-7)15-10(14)3-2-9(12)13;1-7-5-4-6-9(2,3)8(7)10/h7-8,11H,2-6H2,1H3,(H,12,13);7-8,10H,4-6H2,1-3H3. The molecule has 25 heavy (non-hydrogen) atoms. The van der Waals surface area contributed by atoms with Crippen molar-refractivity contribution in [1.82, 2.24) is 5.32 Å². The van der Waals surface area contributed by atoms with Gasteiger partial charge in [-0.15, -0.1) is 0 Å². The van der Waals surface area contributed by atoms with E-state index >= 15 is 0 Å². The lowest BCUT2D eigenvalue weighted by atomic mass is 9.70. The van der Waals surface area contributed by atoms with Crippen LogP contribution in [-0.2, 0) is 14.3 Å². The lowest BCUT2D eigenvalue weighted by Gasteiger charge is -2.39. The first-order valence-electron chi connectivity index (χ1n) is 9.44. The van der Waals surface area contributed by atoms with Crippen molar-refractivity contribution in [2.45, 2.75) is 90.9 Å². The van der Waals surface area contributed by atoms with E-state index in [0.29, 0.717) is 12.0 Å². The number of carboxylic acid groups (broad SMARTS) is 1. The second-order valence-electron chi connectivity index (χ2n) is 8.19. The third kappa shape index (κ3) is 8.19. The van der Waals surface area contributed by atoms with Crippen LogP contribution >= 0.6 is 0 Å². The summed E-state index contributed by atoms with van der Waals surface area (Å²) in [7, 11) is 0. The summed E-state index contributed by atoms with van der Waals surface area (Å²) in [4.78, 5) is 21.4. The van der Waals surface area contributed by atoms with E-state index in [9.17, 15) is 14.7 Å². The van der Waals surface area contributed by atoms with Crippen LogP contribution in [0.2, 0.25) is 0 Å². The quantitative estimate of drug-likeness (QED) is 0.670. The number of hydrogen-bond acceptors (Lipinski definition) is 5. The fraction of sp³-hybridized carbons (Fsp3) is 0.895. The van der Waals surface area contributed by atoms with Gasteiger partial charge in [0.15, 0.2) is 0 Å². The normalized spacial score (nSPS) is 31.4. The molecule has 1 aliphatic carbocycles. The van der Waals surface area contributed by atoms with Gasteiger partial charge in [-0.25, -0.2) is 0 Å². The Kier molecular flexibility index (Phi) is 8.86. The van der Waals surface area contributed by atoms with Crippen molar-refractivity contribution >= 4 is 11.9 Å². The highest BCUT2D eigenvalue weighted by Crippen LogP contribution is 2.38. The minimum Gasteiger partial charge on any atom is -0.481 e. The van der Waals surface area contributed by atoms with Crippen LogP contribution in [0.3, 0.4) is 0 Å². The summed E-state index contributed by atoms with van der Waals surface area (Å²) in [6.45, 7) is 9.35. The maximum absolute atomic E-state index is 11.2. The van der Waals surface area contributed by atoms with E-state index in [0.717, 1.165) is 19.4 Å². The van der Waals surface area contributed by atoms with Crippen molar-refractivity contribution in [3.63, 3.8) is 0 Å². The van der Waals surface area contributed by atoms with Gasteiger partial charge in [-0.05, 0) is 50.5 Å². The monoisotopic (exact) mass is 357 g/mol. The van der Waals surface area contributed by atoms with Crippen LogP contribution in [0.4, 0.5) is 0 Å². The predicted molar refractivity (Wildman–Crippen MR) is 96.3 cm³/mol. The molecule has 4 atom stereocenters. The molecule has 2 rings (SSSR count). The van der Waals surface area contributed by atoms with Gasteiger partial charge in [0, 0.05) is 6.04 Å². The first-order chi connectivity index (χ1) is 11.6. The van der Waals surface area contributed by atoms with E-state index in [4.69, 9.17) is 9.84 Å². The summed E-state index contributed by atoms with van der Waals surface area (Å²) in [6, 6.07) is 0.357. The highest BCUT2D eigenvalue weighted by molar-refractivity contribution is 5.76. The Hall–Kier alpha value is -1.14. The second kappa shape index (κ2) is 10.1. The van der Waals surface area contributed by atoms with E-state index in [1.807, 2.05) is 6.92 Å². The smallest absolute Gasteiger partial charge is 0.306 e. The zero-order chi connectivity index (χ0) is 19.0. The Labute approximate surface area is 151 Å². The molecule has 1 saturated carbocycles. The van der Waals surface area contributed by atoms with Gasteiger partial charge in [0.2, 0.25) is 0 Å². The van der Waals surface area contributed by atoms with Gasteiger partial charge in [-0.2, -0.15) is 0 Å². The van der Waals surface area contributed by atoms with Crippen molar-refractivity contribution < 1.29 is 24.5 Å². The third-order valence-electron chi connectivity index (χ3n) is 5.24. The van der Waals surface area contributed by atoms with Gasteiger partial charge in [0.05, 0.1) is 18.9 Å². The minimum absolute atomic E-state index is 0.0341. The van der Waals surface area contributed by atoms with Crippen LogP contribution < -0.4 is 5.32 Å². The maximum Gasteiger partial charge on any atom is 0.306 e. The number of nitrogens with one attached hydrogen (secondary N) is 1. The molecule has 3 N–H and O–H groups in total. The number of aliphatic carboxylic acids is 1. The molecule has 146 valence electrons. The zero-order valence-corrected chi connectivity index (χ0v) is 16.1. The first kappa shape index (κ1) is 21.9. The first-order valence-corrected chi connectivity index (χ1v) is 9.44. The van der Waals surface area contributed by atoms with Crippen molar-refractivity contribution in [2.24, 2.45) is 11.3 Å². The molecular formula is C19H35NO5. The SMILES string of the molecule is CC1CC(OC(=O)CCC(=O)O)CCN1.CC1CCCC(C)(C)C1O. The summed E-state index contributed by atoms with van der Waals surface area (Å²) in [5, 5.41) is 21.3. The van der Waals surface area contributed by atoms with Crippen molar-refractivity contribution in [3.8, 4) is 0 Å². The molecule has 0 spiro atoms. The molecule has 1 saturated heterocycles. The highest BCUT2D eigenvalue weighted by Gasteiger charge is 2.35. The maximum atomic E-state index is 11.2. The molecular weight excluding hydrogens is 322 g/mol. The molecule has 6 nitrogen and oxygen atoms in total. The van der Waals surface area contributed by atoms with Crippen molar-refractivity contribution in [1.29, 1.82) is 0 Å². The van der Waals surface area contributed by atoms with Crippen LogP contribution in [0.5, 0.6) is 0 Å². The van der Waals surface area contributed by atoms with E-state index < -0.39 is 11.9 Å². The highest BCUT2D eigenvalue weighted by atomic mass is 16.5. The number of esters is 1. The van der Waals surface area contributed by atoms with Crippen molar-refractivity contribution in [2.75, 3.05) is 6.54 Å². The van der Waals surface area contributed by atoms with Gasteiger partial charge < -0.3 is 20.3 Å². The number of carbonyl (C=O) groups excluding carboxylic acids is 1. The second-order valence-corrected chi connectivity index (χ2v) is 8.19. The zero-order valence-electron chi connectivity index (χ0n) is 16.1. The average molecular weight is 357 g/mol. The fourth-order valence-corrected chi connectivity index (χ4v) is 3.60. The molecule has 6 heteroatoms. The van der Waals surface area contributed by atoms with Crippen LogP contribution in [-0.4, -0.2) is 46.9 Å². The Morgan fingerprint density at radius 1 is 1.20 bits per heavy atom. The van der Waals surface area contributed by atoms with Crippen LogP contribution in [0.25, 0.3) is 0 Å². The lowest BCUT2D eigenvalue weighted by molar-refractivity contribution is -0.153.